The Hall–Kier alpha value is -0.830. The lowest BCUT2D eigenvalue weighted by Crippen LogP contribution is -2.47. The molecule has 12 heavy (non-hydrogen) atoms. The summed E-state index contributed by atoms with van der Waals surface area (Å²) in [6.07, 6.45) is 5.22. The van der Waals surface area contributed by atoms with Crippen molar-refractivity contribution in [1.29, 1.82) is 0 Å². The van der Waals surface area contributed by atoms with Crippen LogP contribution in [0.1, 0.15) is 13.3 Å². The Morgan fingerprint density at radius 3 is 3.08 bits per heavy atom. The second-order valence-electron chi connectivity index (χ2n) is 3.52. The minimum atomic E-state index is 0.426. The van der Waals surface area contributed by atoms with Gasteiger partial charge in [0.25, 0.3) is 0 Å². The van der Waals surface area contributed by atoms with Crippen molar-refractivity contribution in [3.8, 4) is 0 Å². The third-order valence-electron chi connectivity index (χ3n) is 2.35. The number of hydrogen-bond donors (Lipinski definition) is 1. The van der Waals surface area contributed by atoms with Crippen LogP contribution in [0.25, 0.3) is 0 Å². The summed E-state index contributed by atoms with van der Waals surface area (Å²) < 4.78 is 0. The van der Waals surface area contributed by atoms with E-state index in [4.69, 9.17) is 0 Å². The quantitative estimate of drug-likeness (QED) is 0.648. The summed E-state index contributed by atoms with van der Waals surface area (Å²) in [7, 11) is 0. The van der Waals surface area contributed by atoms with Crippen LogP contribution in [0.5, 0.6) is 0 Å². The van der Waals surface area contributed by atoms with Crippen LogP contribution in [0.4, 0.5) is 0 Å². The predicted octanol–water partition coefficient (Wildman–Crippen LogP) is 0.596. The van der Waals surface area contributed by atoms with Gasteiger partial charge in [0.05, 0.1) is 6.04 Å². The molecule has 0 amide bonds. The van der Waals surface area contributed by atoms with E-state index < -0.39 is 0 Å². The third-order valence-corrected chi connectivity index (χ3v) is 2.35. The molecule has 3 nitrogen and oxygen atoms in total. The van der Waals surface area contributed by atoms with Gasteiger partial charge in [-0.1, -0.05) is 0 Å². The lowest BCUT2D eigenvalue weighted by atomic mass is 10.1. The Balaban J connectivity index is 1.81. The van der Waals surface area contributed by atoms with Crippen molar-refractivity contribution >= 4 is 6.21 Å². The Morgan fingerprint density at radius 1 is 1.67 bits per heavy atom. The first-order valence-corrected chi connectivity index (χ1v) is 4.53. The van der Waals surface area contributed by atoms with Crippen LogP contribution >= 0.6 is 0 Å². The topological polar surface area (TPSA) is 27.6 Å². The molecule has 0 bridgehead atoms. The maximum atomic E-state index is 4.17. The number of aliphatic imine (C=N–C) groups is 1. The fourth-order valence-corrected chi connectivity index (χ4v) is 1.56. The number of rotatable bonds is 2. The van der Waals surface area contributed by atoms with Gasteiger partial charge in [-0.15, -0.1) is 0 Å². The van der Waals surface area contributed by atoms with E-state index in [-0.39, 0.29) is 0 Å². The molecule has 1 saturated heterocycles. The second kappa shape index (κ2) is 3.27. The number of nitrogens with one attached hydrogen (secondary N) is 1. The van der Waals surface area contributed by atoms with Crippen molar-refractivity contribution in [3.05, 3.63) is 11.9 Å². The van der Waals surface area contributed by atoms with Gasteiger partial charge in [-0.2, -0.15) is 0 Å². The lowest BCUT2D eigenvalue weighted by Gasteiger charge is -2.34. The first-order chi connectivity index (χ1) is 5.84. The lowest BCUT2D eigenvalue weighted by molar-refractivity contribution is 0.176. The monoisotopic (exact) mass is 165 g/mol. The highest BCUT2D eigenvalue weighted by molar-refractivity contribution is 5.67. The molecule has 0 aliphatic carbocycles. The highest BCUT2D eigenvalue weighted by Crippen LogP contribution is 2.07. The van der Waals surface area contributed by atoms with Crippen LogP contribution in [0.2, 0.25) is 0 Å². The zero-order chi connectivity index (χ0) is 8.39. The van der Waals surface area contributed by atoms with E-state index >= 15 is 0 Å². The fraction of sp³-hybridized carbons (Fsp3) is 0.667. The van der Waals surface area contributed by atoms with E-state index in [1.807, 2.05) is 12.4 Å². The van der Waals surface area contributed by atoms with E-state index in [9.17, 15) is 0 Å². The molecular formula is C9H15N3. The Bertz CT molecular complexity index is 216. The minimum absolute atomic E-state index is 0.426. The Kier molecular flexibility index (Phi) is 2.13. The molecule has 2 rings (SSSR count). The van der Waals surface area contributed by atoms with Gasteiger partial charge in [0.15, 0.2) is 0 Å². The van der Waals surface area contributed by atoms with Crippen molar-refractivity contribution in [2.45, 2.75) is 19.4 Å². The molecule has 0 saturated carbocycles. The van der Waals surface area contributed by atoms with Gasteiger partial charge in [0, 0.05) is 24.7 Å². The maximum absolute atomic E-state index is 4.17. The van der Waals surface area contributed by atoms with E-state index in [0.717, 1.165) is 6.54 Å². The van der Waals surface area contributed by atoms with Crippen molar-refractivity contribution in [2.24, 2.45) is 4.99 Å². The highest BCUT2D eigenvalue weighted by atomic mass is 15.2. The van der Waals surface area contributed by atoms with Crippen LogP contribution < -0.4 is 5.32 Å². The molecule has 1 atom stereocenters. The number of nitrogens with zero attached hydrogens (tertiary/aromatic N) is 2. The van der Waals surface area contributed by atoms with Crippen LogP contribution in [-0.4, -0.2) is 36.8 Å². The maximum Gasteiger partial charge on any atom is 0.0740 e. The Morgan fingerprint density at radius 2 is 2.50 bits per heavy atom. The van der Waals surface area contributed by atoms with Gasteiger partial charge in [-0.05, 0) is 26.4 Å². The highest BCUT2D eigenvalue weighted by Gasteiger charge is 2.18. The van der Waals surface area contributed by atoms with E-state index in [0.29, 0.717) is 6.04 Å². The molecule has 0 aromatic heterocycles. The zero-order valence-electron chi connectivity index (χ0n) is 7.45. The Labute approximate surface area is 73.2 Å². The number of hydrogen-bond acceptors (Lipinski definition) is 3. The van der Waals surface area contributed by atoms with Crippen LogP contribution in [0.15, 0.2) is 16.9 Å². The molecule has 0 aromatic rings. The average molecular weight is 165 g/mol. The normalized spacial score (nSPS) is 29.1. The summed E-state index contributed by atoms with van der Waals surface area (Å²) in [6.45, 7) is 5.68. The van der Waals surface area contributed by atoms with Crippen LogP contribution in [-0.2, 0) is 0 Å². The van der Waals surface area contributed by atoms with E-state index in [1.165, 1.54) is 25.2 Å². The number of allylic oxidation sites excluding steroid dienone is 1. The van der Waals surface area contributed by atoms with Gasteiger partial charge in [-0.3, -0.25) is 4.99 Å². The predicted molar refractivity (Wildman–Crippen MR) is 50.2 cm³/mol. The summed E-state index contributed by atoms with van der Waals surface area (Å²) in [4.78, 5) is 6.62. The average Bonchev–Trinajstić information content (AvgIpc) is 1.97. The molecule has 2 aliphatic heterocycles. The first kappa shape index (κ1) is 7.80. The number of likely N-dealkylation sites (tertiary alicyclic amines) is 1. The first-order valence-electron chi connectivity index (χ1n) is 4.53. The van der Waals surface area contributed by atoms with E-state index in [1.54, 1.807) is 0 Å². The van der Waals surface area contributed by atoms with Gasteiger partial charge in [0.2, 0.25) is 0 Å². The second-order valence-corrected chi connectivity index (χ2v) is 3.52. The standard InChI is InChI=1S/C9H15N3/c1-8-5-10-6-9(11-8)7-12-3-2-4-12/h5-6,9,11H,2-4,7H2,1H3. The molecule has 66 valence electrons. The molecule has 0 spiro atoms. The summed E-state index contributed by atoms with van der Waals surface area (Å²) in [6, 6.07) is 0.426. The molecule has 1 N–H and O–H groups in total. The SMILES string of the molecule is CC1=CN=CC(CN2CCC2)N1. The van der Waals surface area contributed by atoms with Crippen LogP contribution in [0, 0.1) is 0 Å². The van der Waals surface area contributed by atoms with Crippen molar-refractivity contribution in [1.82, 2.24) is 10.2 Å². The largest absolute Gasteiger partial charge is 0.378 e. The van der Waals surface area contributed by atoms with Gasteiger partial charge >= 0.3 is 0 Å². The summed E-state index contributed by atoms with van der Waals surface area (Å²) in [5.74, 6) is 0. The molecule has 2 heterocycles. The summed E-state index contributed by atoms with van der Waals surface area (Å²) in [5, 5.41) is 3.39. The smallest absolute Gasteiger partial charge is 0.0740 e. The molecular weight excluding hydrogens is 150 g/mol. The summed E-state index contributed by atoms with van der Waals surface area (Å²) >= 11 is 0. The molecule has 0 aromatic carbocycles. The zero-order valence-corrected chi connectivity index (χ0v) is 7.45. The molecule has 1 unspecified atom stereocenters. The van der Waals surface area contributed by atoms with Crippen LogP contribution in [0.3, 0.4) is 0 Å². The van der Waals surface area contributed by atoms with Crippen molar-refractivity contribution < 1.29 is 0 Å². The van der Waals surface area contributed by atoms with Gasteiger partial charge < -0.3 is 10.2 Å². The fourth-order valence-electron chi connectivity index (χ4n) is 1.56. The molecule has 3 heteroatoms. The van der Waals surface area contributed by atoms with Gasteiger partial charge in [-0.25, -0.2) is 0 Å². The molecule has 2 aliphatic rings. The molecule has 0 radical (unpaired) electrons. The third kappa shape index (κ3) is 1.67. The van der Waals surface area contributed by atoms with Crippen molar-refractivity contribution in [2.75, 3.05) is 19.6 Å². The summed E-state index contributed by atoms with van der Waals surface area (Å²) in [5.41, 5.74) is 1.17. The molecule has 1 fully saturated rings. The minimum Gasteiger partial charge on any atom is -0.378 e. The van der Waals surface area contributed by atoms with E-state index in [2.05, 4.69) is 22.1 Å². The van der Waals surface area contributed by atoms with Crippen molar-refractivity contribution in [3.63, 3.8) is 0 Å². The van der Waals surface area contributed by atoms with Gasteiger partial charge in [0.1, 0.15) is 0 Å².